The molecule has 25 heavy (non-hydrogen) atoms. The first-order chi connectivity index (χ1) is 12.0. The first-order valence-electron chi connectivity index (χ1n) is 7.30. The SMILES string of the molecule is C=NCOC(=O)C(CS)NC(=O)c1ccc2cc(C(N)=O)ccc2c1. The number of carbonyl (C=O) groups excluding carboxylic acids is 3. The van der Waals surface area contributed by atoms with E-state index in [9.17, 15) is 14.4 Å². The van der Waals surface area contributed by atoms with Gasteiger partial charge in [-0.05, 0) is 41.8 Å². The van der Waals surface area contributed by atoms with Gasteiger partial charge in [0.1, 0.15) is 6.04 Å². The molecule has 0 saturated heterocycles. The number of fused-ring (bicyclic) bond motifs is 1. The average molecular weight is 359 g/mol. The van der Waals surface area contributed by atoms with Gasteiger partial charge >= 0.3 is 5.97 Å². The van der Waals surface area contributed by atoms with E-state index in [1.54, 1.807) is 36.4 Å². The van der Waals surface area contributed by atoms with Crippen molar-refractivity contribution >= 4 is 47.9 Å². The zero-order valence-corrected chi connectivity index (χ0v) is 14.2. The van der Waals surface area contributed by atoms with E-state index in [4.69, 9.17) is 10.5 Å². The molecule has 2 aromatic rings. The molecular formula is C17H17N3O4S. The minimum atomic E-state index is -0.898. The van der Waals surface area contributed by atoms with Crippen LogP contribution in [0.15, 0.2) is 41.4 Å². The second-order valence-electron chi connectivity index (χ2n) is 5.17. The molecule has 2 amide bonds. The van der Waals surface area contributed by atoms with E-state index in [1.165, 1.54) is 0 Å². The minimum absolute atomic E-state index is 0.0806. The Kier molecular flexibility index (Phi) is 6.13. The third-order valence-corrected chi connectivity index (χ3v) is 3.82. The first kappa shape index (κ1) is 18.5. The Labute approximate surface area is 149 Å². The largest absolute Gasteiger partial charge is 0.441 e. The molecule has 1 unspecified atom stereocenters. The summed E-state index contributed by atoms with van der Waals surface area (Å²) in [6, 6.07) is 8.98. The normalized spacial score (nSPS) is 11.6. The molecule has 0 aliphatic rings. The second-order valence-corrected chi connectivity index (χ2v) is 5.53. The Hall–Kier alpha value is -2.87. The number of esters is 1. The van der Waals surface area contributed by atoms with Crippen LogP contribution in [0.5, 0.6) is 0 Å². The van der Waals surface area contributed by atoms with Gasteiger partial charge in [0.25, 0.3) is 5.91 Å². The monoisotopic (exact) mass is 359 g/mol. The molecule has 0 fully saturated rings. The van der Waals surface area contributed by atoms with E-state index in [1.807, 2.05) is 0 Å². The molecule has 0 aromatic heterocycles. The van der Waals surface area contributed by atoms with E-state index in [0.717, 1.165) is 10.8 Å². The van der Waals surface area contributed by atoms with Gasteiger partial charge in [-0.15, -0.1) is 0 Å². The van der Waals surface area contributed by atoms with E-state index in [-0.39, 0.29) is 12.5 Å². The van der Waals surface area contributed by atoms with E-state index in [0.29, 0.717) is 11.1 Å². The van der Waals surface area contributed by atoms with Crippen LogP contribution in [0.4, 0.5) is 0 Å². The van der Waals surface area contributed by atoms with Crippen molar-refractivity contribution in [3.8, 4) is 0 Å². The number of rotatable bonds is 7. The number of hydrogen-bond acceptors (Lipinski definition) is 6. The van der Waals surface area contributed by atoms with Crippen LogP contribution in [0, 0.1) is 0 Å². The summed E-state index contributed by atoms with van der Waals surface area (Å²) in [6.07, 6.45) is 0. The first-order valence-corrected chi connectivity index (χ1v) is 7.94. The standard InChI is InChI=1S/C17H17N3O4S/c1-19-9-24-17(23)14(8-25)20-16(22)13-5-3-10-6-12(15(18)21)4-2-11(10)7-13/h2-7,14,25H,1,8-9H2,(H2,18,21)(H,20,22). The Morgan fingerprint density at radius 2 is 1.76 bits per heavy atom. The van der Waals surface area contributed by atoms with Crippen molar-refractivity contribution in [1.29, 1.82) is 0 Å². The van der Waals surface area contributed by atoms with Crippen LogP contribution >= 0.6 is 12.6 Å². The Morgan fingerprint density at radius 3 is 2.32 bits per heavy atom. The maximum absolute atomic E-state index is 12.3. The highest BCUT2D eigenvalue weighted by atomic mass is 32.1. The summed E-state index contributed by atoms with van der Waals surface area (Å²) in [5, 5.41) is 4.10. The van der Waals surface area contributed by atoms with Crippen LogP contribution in [0.2, 0.25) is 0 Å². The van der Waals surface area contributed by atoms with Crippen molar-refractivity contribution in [3.05, 3.63) is 47.5 Å². The second kappa shape index (κ2) is 8.29. The van der Waals surface area contributed by atoms with Crippen LogP contribution in [0.3, 0.4) is 0 Å². The molecule has 3 N–H and O–H groups in total. The molecule has 2 aromatic carbocycles. The average Bonchev–Trinajstić information content (AvgIpc) is 2.62. The molecule has 8 heteroatoms. The van der Waals surface area contributed by atoms with E-state index in [2.05, 4.69) is 29.7 Å². The minimum Gasteiger partial charge on any atom is -0.441 e. The lowest BCUT2D eigenvalue weighted by Crippen LogP contribution is -2.43. The maximum atomic E-state index is 12.3. The Bertz CT molecular complexity index is 838. The van der Waals surface area contributed by atoms with E-state index < -0.39 is 23.8 Å². The molecule has 0 radical (unpaired) electrons. The number of thiol groups is 1. The highest BCUT2D eigenvalue weighted by Crippen LogP contribution is 2.18. The number of aliphatic imine (C=N–C) groups is 1. The van der Waals surface area contributed by atoms with Gasteiger partial charge in [-0.2, -0.15) is 12.6 Å². The lowest BCUT2D eigenvalue weighted by Gasteiger charge is -2.15. The van der Waals surface area contributed by atoms with Crippen LogP contribution in [0.1, 0.15) is 20.7 Å². The molecule has 2 rings (SSSR count). The number of hydrogen-bond donors (Lipinski definition) is 3. The summed E-state index contributed by atoms with van der Waals surface area (Å²) >= 11 is 4.05. The van der Waals surface area contributed by atoms with Gasteiger partial charge in [-0.1, -0.05) is 12.1 Å². The van der Waals surface area contributed by atoms with Gasteiger partial charge in [0.05, 0.1) is 0 Å². The lowest BCUT2D eigenvalue weighted by molar-refractivity contribution is -0.144. The quantitative estimate of drug-likeness (QED) is 0.391. The van der Waals surface area contributed by atoms with Crippen LogP contribution in [-0.4, -0.2) is 43.0 Å². The van der Waals surface area contributed by atoms with Crippen molar-refractivity contribution in [2.24, 2.45) is 10.7 Å². The molecule has 7 nitrogen and oxygen atoms in total. The zero-order chi connectivity index (χ0) is 18.4. The third-order valence-electron chi connectivity index (χ3n) is 3.46. The summed E-state index contributed by atoms with van der Waals surface area (Å²) in [6.45, 7) is 3.03. The smallest absolute Gasteiger partial charge is 0.331 e. The summed E-state index contributed by atoms with van der Waals surface area (Å²) in [5.41, 5.74) is 6.00. The van der Waals surface area contributed by atoms with Crippen LogP contribution < -0.4 is 11.1 Å². The maximum Gasteiger partial charge on any atom is 0.331 e. The van der Waals surface area contributed by atoms with Crippen molar-refractivity contribution in [1.82, 2.24) is 5.32 Å². The molecule has 0 spiro atoms. The topological polar surface area (TPSA) is 111 Å². The van der Waals surface area contributed by atoms with Gasteiger partial charge < -0.3 is 15.8 Å². The predicted octanol–water partition coefficient (Wildman–Crippen LogP) is 1.17. The number of nitrogens with zero attached hydrogens (tertiary/aromatic N) is 1. The third kappa shape index (κ3) is 4.57. The highest BCUT2D eigenvalue weighted by molar-refractivity contribution is 7.80. The zero-order valence-electron chi connectivity index (χ0n) is 13.3. The fourth-order valence-electron chi connectivity index (χ4n) is 2.17. The molecule has 130 valence electrons. The number of carbonyl (C=O) groups is 3. The Morgan fingerprint density at radius 1 is 1.16 bits per heavy atom. The van der Waals surface area contributed by atoms with Gasteiger partial charge in [0.15, 0.2) is 6.73 Å². The summed E-state index contributed by atoms with van der Waals surface area (Å²) in [4.78, 5) is 38.8. The van der Waals surface area contributed by atoms with Gasteiger partial charge in [-0.3, -0.25) is 14.6 Å². The van der Waals surface area contributed by atoms with Gasteiger partial charge in [0, 0.05) is 16.9 Å². The molecular weight excluding hydrogens is 342 g/mol. The molecule has 0 aliphatic heterocycles. The number of primary amides is 1. The molecule has 0 bridgehead atoms. The number of amides is 2. The van der Waals surface area contributed by atoms with Gasteiger partial charge in [0.2, 0.25) is 5.91 Å². The summed E-state index contributed by atoms with van der Waals surface area (Å²) < 4.78 is 4.81. The lowest BCUT2D eigenvalue weighted by atomic mass is 10.0. The molecule has 0 aliphatic carbocycles. The van der Waals surface area contributed by atoms with Crippen molar-refractivity contribution in [2.75, 3.05) is 12.5 Å². The number of ether oxygens (including phenoxy) is 1. The van der Waals surface area contributed by atoms with Crippen LogP contribution in [0.25, 0.3) is 10.8 Å². The van der Waals surface area contributed by atoms with Gasteiger partial charge in [-0.25, -0.2) is 4.79 Å². The fourth-order valence-corrected chi connectivity index (χ4v) is 2.41. The number of nitrogens with two attached hydrogens (primary N) is 1. The fraction of sp³-hybridized carbons (Fsp3) is 0.176. The van der Waals surface area contributed by atoms with Crippen LogP contribution in [-0.2, 0) is 9.53 Å². The highest BCUT2D eigenvalue weighted by Gasteiger charge is 2.21. The summed E-state index contributed by atoms with van der Waals surface area (Å²) in [7, 11) is 0. The molecule has 0 saturated carbocycles. The van der Waals surface area contributed by atoms with Crippen molar-refractivity contribution in [3.63, 3.8) is 0 Å². The van der Waals surface area contributed by atoms with Crippen molar-refractivity contribution < 1.29 is 19.1 Å². The number of nitrogens with one attached hydrogen (secondary N) is 1. The van der Waals surface area contributed by atoms with Crippen molar-refractivity contribution in [2.45, 2.75) is 6.04 Å². The summed E-state index contributed by atoms with van der Waals surface area (Å²) in [5.74, 6) is -1.52. The molecule has 1 atom stereocenters. The molecule has 0 heterocycles. The Balaban J connectivity index is 2.18. The predicted molar refractivity (Wildman–Crippen MR) is 98.1 cm³/mol. The van der Waals surface area contributed by atoms with E-state index >= 15 is 0 Å². The number of benzene rings is 2.